The lowest BCUT2D eigenvalue weighted by molar-refractivity contribution is 0.198. The number of amides is 1. The van der Waals surface area contributed by atoms with Gasteiger partial charge in [0.15, 0.2) is 0 Å². The normalized spacial score (nSPS) is 17.3. The van der Waals surface area contributed by atoms with Crippen LogP contribution in [0.3, 0.4) is 0 Å². The lowest BCUT2D eigenvalue weighted by Crippen LogP contribution is -2.36. The maximum atomic E-state index is 11.7. The Kier molecular flexibility index (Phi) is 5.95. The van der Waals surface area contributed by atoms with E-state index < -0.39 is 6.09 Å². The zero-order valence-corrected chi connectivity index (χ0v) is 18.2. The lowest BCUT2D eigenvalue weighted by Gasteiger charge is -2.34. The molecule has 1 unspecified atom stereocenters. The minimum absolute atomic E-state index is 0.129. The number of hydrogen-bond donors (Lipinski definition) is 1. The molecule has 0 spiro atoms. The zero-order chi connectivity index (χ0) is 20.6. The molecule has 1 amide bonds. The van der Waals surface area contributed by atoms with Gasteiger partial charge in [-0.15, -0.1) is 0 Å². The fourth-order valence-electron chi connectivity index (χ4n) is 3.76. The molecule has 1 aliphatic heterocycles. The number of fused-ring (bicyclic) bond motifs is 1. The van der Waals surface area contributed by atoms with Crippen LogP contribution >= 0.6 is 23.2 Å². The Hall–Kier alpha value is -1.75. The standard InChI is InChI=1S/C22H26Cl2N2O2/c1-22(2,3)13-26(21(27)28)16-7-5-14(6-8-16)18-11-25(4)12-19-17(18)9-15(23)10-20(19)24/h5-10,18H,11-13H2,1-4H3,(H,27,28). The van der Waals surface area contributed by atoms with Crippen molar-refractivity contribution in [3.63, 3.8) is 0 Å². The van der Waals surface area contributed by atoms with Crippen LogP contribution in [0.1, 0.15) is 43.4 Å². The molecule has 0 radical (unpaired) electrons. The number of benzene rings is 2. The van der Waals surface area contributed by atoms with E-state index in [-0.39, 0.29) is 11.3 Å². The summed E-state index contributed by atoms with van der Waals surface area (Å²) in [4.78, 5) is 15.4. The smallest absolute Gasteiger partial charge is 0.411 e. The molecule has 150 valence electrons. The minimum atomic E-state index is -0.941. The Morgan fingerprint density at radius 2 is 1.86 bits per heavy atom. The number of nitrogens with zero attached hydrogens (tertiary/aromatic N) is 2. The molecule has 4 nitrogen and oxygen atoms in total. The van der Waals surface area contributed by atoms with Gasteiger partial charge in [-0.1, -0.05) is 56.1 Å². The van der Waals surface area contributed by atoms with Crippen LogP contribution in [0.2, 0.25) is 10.0 Å². The SMILES string of the molecule is CN1Cc2c(Cl)cc(Cl)cc2C(c2ccc(N(CC(C)(C)C)C(=O)O)cc2)C1. The lowest BCUT2D eigenvalue weighted by atomic mass is 9.84. The second-order valence-corrected chi connectivity index (χ2v) is 9.57. The fraction of sp³-hybridized carbons (Fsp3) is 0.409. The van der Waals surface area contributed by atoms with Crippen molar-refractivity contribution in [2.75, 3.05) is 25.0 Å². The molecular formula is C22H26Cl2N2O2. The predicted molar refractivity (Wildman–Crippen MR) is 116 cm³/mol. The second kappa shape index (κ2) is 7.94. The van der Waals surface area contributed by atoms with Crippen molar-refractivity contribution >= 4 is 35.0 Å². The molecule has 1 heterocycles. The zero-order valence-electron chi connectivity index (χ0n) is 16.7. The predicted octanol–water partition coefficient (Wildman–Crippen LogP) is 6.10. The first-order valence-electron chi connectivity index (χ1n) is 9.32. The van der Waals surface area contributed by atoms with Crippen molar-refractivity contribution in [3.8, 4) is 0 Å². The fourth-order valence-corrected chi connectivity index (χ4v) is 4.33. The molecule has 1 aliphatic rings. The van der Waals surface area contributed by atoms with E-state index in [4.69, 9.17) is 23.2 Å². The molecule has 28 heavy (non-hydrogen) atoms. The molecule has 2 aromatic rings. The van der Waals surface area contributed by atoms with E-state index in [9.17, 15) is 9.90 Å². The van der Waals surface area contributed by atoms with E-state index in [1.165, 1.54) is 4.90 Å². The summed E-state index contributed by atoms with van der Waals surface area (Å²) < 4.78 is 0. The van der Waals surface area contributed by atoms with Gasteiger partial charge in [0.05, 0.1) is 0 Å². The van der Waals surface area contributed by atoms with E-state index in [0.717, 1.165) is 29.8 Å². The third-order valence-corrected chi connectivity index (χ3v) is 5.52. The van der Waals surface area contributed by atoms with Gasteiger partial charge >= 0.3 is 6.09 Å². The summed E-state index contributed by atoms with van der Waals surface area (Å²) in [5, 5.41) is 11.0. The molecule has 6 heteroatoms. The van der Waals surface area contributed by atoms with Crippen LogP contribution in [0.4, 0.5) is 10.5 Å². The summed E-state index contributed by atoms with van der Waals surface area (Å²) >= 11 is 12.7. The van der Waals surface area contributed by atoms with Crippen LogP contribution in [0.25, 0.3) is 0 Å². The van der Waals surface area contributed by atoms with Crippen molar-refractivity contribution in [2.24, 2.45) is 5.41 Å². The number of carbonyl (C=O) groups is 1. The maximum absolute atomic E-state index is 11.7. The van der Waals surface area contributed by atoms with Crippen molar-refractivity contribution in [1.29, 1.82) is 0 Å². The molecule has 0 bridgehead atoms. The Labute approximate surface area is 176 Å². The van der Waals surface area contributed by atoms with Gasteiger partial charge in [-0.3, -0.25) is 4.90 Å². The van der Waals surface area contributed by atoms with E-state index >= 15 is 0 Å². The quantitative estimate of drug-likeness (QED) is 0.651. The summed E-state index contributed by atoms with van der Waals surface area (Å²) in [5.74, 6) is 0.139. The van der Waals surface area contributed by atoms with Crippen LogP contribution in [0.15, 0.2) is 36.4 Å². The molecule has 0 aliphatic carbocycles. The largest absolute Gasteiger partial charge is 0.465 e. The van der Waals surface area contributed by atoms with Gasteiger partial charge in [-0.25, -0.2) is 4.79 Å². The highest BCUT2D eigenvalue weighted by atomic mass is 35.5. The van der Waals surface area contributed by atoms with Crippen LogP contribution < -0.4 is 4.90 Å². The van der Waals surface area contributed by atoms with Crippen LogP contribution in [-0.2, 0) is 6.54 Å². The Bertz CT molecular complexity index is 875. The van der Waals surface area contributed by atoms with Crippen molar-refractivity contribution < 1.29 is 9.90 Å². The van der Waals surface area contributed by atoms with Gasteiger partial charge in [0.1, 0.15) is 0 Å². The van der Waals surface area contributed by atoms with Gasteiger partial charge in [-0.05, 0) is 53.4 Å². The molecule has 0 fully saturated rings. The second-order valence-electron chi connectivity index (χ2n) is 8.73. The number of rotatable bonds is 3. The van der Waals surface area contributed by atoms with E-state index in [2.05, 4.69) is 11.9 Å². The first kappa shape index (κ1) is 21.0. The van der Waals surface area contributed by atoms with E-state index in [1.54, 1.807) is 6.07 Å². The average Bonchev–Trinajstić information content (AvgIpc) is 2.59. The van der Waals surface area contributed by atoms with Gasteiger partial charge < -0.3 is 10.0 Å². The van der Waals surface area contributed by atoms with Crippen LogP contribution in [-0.4, -0.2) is 36.2 Å². The molecule has 0 saturated heterocycles. The third kappa shape index (κ3) is 4.62. The first-order chi connectivity index (χ1) is 13.0. The molecule has 1 atom stereocenters. The summed E-state index contributed by atoms with van der Waals surface area (Å²) in [5.41, 5.74) is 3.92. The Morgan fingerprint density at radius 3 is 2.43 bits per heavy atom. The highest BCUT2D eigenvalue weighted by molar-refractivity contribution is 6.35. The van der Waals surface area contributed by atoms with Gasteiger partial charge in [0, 0.05) is 41.3 Å². The summed E-state index contributed by atoms with van der Waals surface area (Å²) in [6.07, 6.45) is -0.941. The highest BCUT2D eigenvalue weighted by Crippen LogP contribution is 2.38. The summed E-state index contributed by atoms with van der Waals surface area (Å²) in [6, 6.07) is 11.6. The Balaban J connectivity index is 1.95. The molecule has 0 saturated carbocycles. The number of carboxylic acid groups (broad SMARTS) is 1. The number of halogens is 2. The number of likely N-dealkylation sites (N-methyl/N-ethyl adjacent to an activating group) is 1. The average molecular weight is 421 g/mol. The van der Waals surface area contributed by atoms with Crippen molar-refractivity contribution in [2.45, 2.75) is 33.2 Å². The number of anilines is 1. The van der Waals surface area contributed by atoms with E-state index in [1.807, 2.05) is 51.1 Å². The topological polar surface area (TPSA) is 43.8 Å². The molecule has 0 aromatic heterocycles. The molecule has 3 rings (SSSR count). The van der Waals surface area contributed by atoms with Gasteiger partial charge in [0.2, 0.25) is 0 Å². The van der Waals surface area contributed by atoms with E-state index in [0.29, 0.717) is 22.3 Å². The Morgan fingerprint density at radius 1 is 1.21 bits per heavy atom. The van der Waals surface area contributed by atoms with Gasteiger partial charge in [-0.2, -0.15) is 0 Å². The molecule has 2 aromatic carbocycles. The van der Waals surface area contributed by atoms with Crippen molar-refractivity contribution in [1.82, 2.24) is 4.90 Å². The molecular weight excluding hydrogens is 395 g/mol. The molecule has 1 N–H and O–H groups in total. The van der Waals surface area contributed by atoms with Crippen molar-refractivity contribution in [3.05, 3.63) is 63.1 Å². The number of hydrogen-bond acceptors (Lipinski definition) is 2. The third-order valence-electron chi connectivity index (χ3n) is 4.96. The highest BCUT2D eigenvalue weighted by Gasteiger charge is 2.28. The van der Waals surface area contributed by atoms with Crippen LogP contribution in [0.5, 0.6) is 0 Å². The summed E-state index contributed by atoms with van der Waals surface area (Å²) in [7, 11) is 2.07. The van der Waals surface area contributed by atoms with Gasteiger partial charge in [0.25, 0.3) is 0 Å². The van der Waals surface area contributed by atoms with Crippen LogP contribution in [0, 0.1) is 5.41 Å². The maximum Gasteiger partial charge on any atom is 0.411 e. The minimum Gasteiger partial charge on any atom is -0.465 e. The first-order valence-corrected chi connectivity index (χ1v) is 10.1. The monoisotopic (exact) mass is 420 g/mol. The summed E-state index contributed by atoms with van der Waals surface area (Å²) in [6.45, 7) is 8.16.